The van der Waals surface area contributed by atoms with Gasteiger partial charge in [-0.3, -0.25) is 4.79 Å². The molecule has 0 unspecified atom stereocenters. The van der Waals surface area contributed by atoms with Gasteiger partial charge in [-0.25, -0.2) is 0 Å². The molecule has 0 aromatic rings. The Hall–Kier alpha value is -1.04. The Bertz CT molecular complexity index is 694. The molecule has 0 saturated carbocycles. The SMILES string of the molecule is CC(=O)OCCCC(F)(F)C(F)(F)C(F)(F)C(F)(F)C(F)(F)C(F)(F)C(F)(F)C(=O)[O-].[Na+]. The van der Waals surface area contributed by atoms with E-state index >= 15 is 0 Å². The number of rotatable bonds is 11. The van der Waals surface area contributed by atoms with Gasteiger partial charge in [0, 0.05) is 13.3 Å². The van der Waals surface area contributed by atoms with Gasteiger partial charge in [0.1, 0.15) is 5.97 Å². The molecule has 0 aromatic heterocycles. The second-order valence-corrected chi connectivity index (χ2v) is 5.88. The summed E-state index contributed by atoms with van der Waals surface area (Å²) in [5.74, 6) is -59.8. The van der Waals surface area contributed by atoms with Gasteiger partial charge >= 0.3 is 77.0 Å². The number of ether oxygens (including phenoxy) is 1. The van der Waals surface area contributed by atoms with E-state index in [4.69, 9.17) is 0 Å². The van der Waals surface area contributed by atoms with Crippen molar-refractivity contribution in [1.29, 1.82) is 0 Å². The first-order valence-corrected chi connectivity index (χ1v) is 7.35. The van der Waals surface area contributed by atoms with Crippen molar-refractivity contribution in [2.24, 2.45) is 0 Å². The number of alkyl halides is 14. The van der Waals surface area contributed by atoms with Crippen molar-refractivity contribution >= 4 is 11.9 Å². The zero-order valence-electron chi connectivity index (χ0n) is 15.5. The molecule has 0 N–H and O–H groups in total. The Morgan fingerprint density at radius 3 is 1.38 bits per heavy atom. The molecule has 4 nitrogen and oxygen atoms in total. The van der Waals surface area contributed by atoms with Crippen molar-refractivity contribution in [2.45, 2.75) is 61.2 Å². The molecule has 0 aliphatic carbocycles. The number of carbonyl (C=O) groups is 2. The number of carboxylic acid groups (broad SMARTS) is 1. The summed E-state index contributed by atoms with van der Waals surface area (Å²) in [6, 6.07) is 0. The van der Waals surface area contributed by atoms with Crippen molar-refractivity contribution in [3.05, 3.63) is 0 Å². The van der Waals surface area contributed by atoms with Crippen LogP contribution in [0.4, 0.5) is 61.5 Å². The van der Waals surface area contributed by atoms with Crippen molar-refractivity contribution < 1.29 is 110 Å². The predicted molar refractivity (Wildman–Crippen MR) is 65.5 cm³/mol. The first-order chi connectivity index (χ1) is 13.4. The first-order valence-electron chi connectivity index (χ1n) is 7.35. The van der Waals surface area contributed by atoms with Crippen LogP contribution in [0.25, 0.3) is 0 Å². The molecular formula is C13H9F14NaO4. The summed E-state index contributed by atoms with van der Waals surface area (Å²) in [5.41, 5.74) is 0. The van der Waals surface area contributed by atoms with Gasteiger partial charge < -0.3 is 14.6 Å². The molecule has 0 aromatic carbocycles. The fourth-order valence-corrected chi connectivity index (χ4v) is 1.81. The van der Waals surface area contributed by atoms with Crippen LogP contribution in [0, 0.1) is 0 Å². The van der Waals surface area contributed by atoms with Crippen LogP contribution in [-0.4, -0.2) is 60.0 Å². The third kappa shape index (κ3) is 5.05. The number of hydrogen-bond donors (Lipinski definition) is 0. The Kier molecular flexibility index (Phi) is 10.0. The van der Waals surface area contributed by atoms with E-state index in [1.807, 2.05) is 0 Å². The standard InChI is InChI=1S/C13H10F14O4.Na/c1-5(28)31-4-2-3-7(14,15)9(18,19)11(22,23)13(26,27)12(24,25)10(20,21)8(16,17)6(29)30;/h2-4H2,1H3,(H,29,30);/q;+1/p-1. The average molecular weight is 518 g/mol. The van der Waals surface area contributed by atoms with Gasteiger partial charge in [-0.15, -0.1) is 0 Å². The molecule has 0 atom stereocenters. The monoisotopic (exact) mass is 518 g/mol. The maximum absolute atomic E-state index is 13.5. The van der Waals surface area contributed by atoms with E-state index in [1.165, 1.54) is 0 Å². The van der Waals surface area contributed by atoms with E-state index in [0.717, 1.165) is 0 Å². The minimum Gasteiger partial charge on any atom is -0.544 e. The number of carbonyl (C=O) groups excluding carboxylic acids is 2. The molecule has 32 heavy (non-hydrogen) atoms. The van der Waals surface area contributed by atoms with Crippen LogP contribution in [0.15, 0.2) is 0 Å². The Labute approximate surface area is 190 Å². The molecular weight excluding hydrogens is 509 g/mol. The Balaban J connectivity index is 0. The third-order valence-electron chi connectivity index (χ3n) is 3.63. The number of esters is 1. The van der Waals surface area contributed by atoms with Crippen LogP contribution < -0.4 is 34.7 Å². The van der Waals surface area contributed by atoms with Crippen LogP contribution in [-0.2, 0) is 14.3 Å². The van der Waals surface area contributed by atoms with Gasteiger partial charge in [-0.05, 0) is 6.42 Å². The summed E-state index contributed by atoms with van der Waals surface area (Å²) in [6.45, 7) is -0.499. The van der Waals surface area contributed by atoms with Crippen LogP contribution >= 0.6 is 0 Å². The van der Waals surface area contributed by atoms with Crippen molar-refractivity contribution in [1.82, 2.24) is 0 Å². The van der Waals surface area contributed by atoms with Gasteiger partial charge in [0.05, 0.1) is 6.61 Å². The molecule has 0 saturated heterocycles. The molecule has 0 fully saturated rings. The van der Waals surface area contributed by atoms with Gasteiger partial charge in [-0.1, -0.05) is 0 Å². The minimum atomic E-state index is -8.36. The molecule has 19 heteroatoms. The number of halogens is 14. The van der Waals surface area contributed by atoms with E-state index in [0.29, 0.717) is 6.92 Å². The Morgan fingerprint density at radius 1 is 0.688 bits per heavy atom. The number of hydrogen-bond acceptors (Lipinski definition) is 4. The van der Waals surface area contributed by atoms with Crippen LogP contribution in [0.1, 0.15) is 19.8 Å². The molecule has 184 valence electrons. The van der Waals surface area contributed by atoms with E-state index in [9.17, 15) is 76.2 Å². The van der Waals surface area contributed by atoms with Gasteiger partial charge in [0.2, 0.25) is 0 Å². The number of carboxylic acids is 1. The average Bonchev–Trinajstić information content (AvgIpc) is 2.57. The summed E-state index contributed by atoms with van der Waals surface area (Å²) >= 11 is 0. The molecule has 0 heterocycles. The zero-order chi connectivity index (χ0) is 25.5. The van der Waals surface area contributed by atoms with Crippen molar-refractivity contribution in [3.63, 3.8) is 0 Å². The Morgan fingerprint density at radius 2 is 1.03 bits per heavy atom. The fraction of sp³-hybridized carbons (Fsp3) is 0.846. The summed E-state index contributed by atoms with van der Waals surface area (Å²) < 4.78 is 189. The van der Waals surface area contributed by atoms with Gasteiger partial charge in [-0.2, -0.15) is 61.5 Å². The zero-order valence-corrected chi connectivity index (χ0v) is 17.5. The first kappa shape index (κ1) is 33.1. The topological polar surface area (TPSA) is 66.4 Å². The quantitative estimate of drug-likeness (QED) is 0.173. The van der Waals surface area contributed by atoms with E-state index in [-0.39, 0.29) is 29.6 Å². The second-order valence-electron chi connectivity index (χ2n) is 5.88. The predicted octanol–water partition coefficient (Wildman–Crippen LogP) is 0.531. The molecule has 0 spiro atoms. The molecule has 0 amide bonds. The maximum Gasteiger partial charge on any atom is 1.00 e. The van der Waals surface area contributed by atoms with Crippen molar-refractivity contribution in [3.8, 4) is 0 Å². The van der Waals surface area contributed by atoms with E-state index in [1.54, 1.807) is 0 Å². The number of aliphatic carboxylic acids is 1. The largest absolute Gasteiger partial charge is 1.00 e. The summed E-state index contributed by atoms with van der Waals surface area (Å²) in [6.07, 6.45) is -3.99. The summed E-state index contributed by atoms with van der Waals surface area (Å²) in [5, 5.41) is 9.83. The van der Waals surface area contributed by atoms with E-state index < -0.39 is 72.8 Å². The van der Waals surface area contributed by atoms with Gasteiger partial charge in [0.15, 0.2) is 0 Å². The smallest absolute Gasteiger partial charge is 0.544 e. The van der Waals surface area contributed by atoms with Crippen LogP contribution in [0.5, 0.6) is 0 Å². The maximum atomic E-state index is 13.5. The summed E-state index contributed by atoms with van der Waals surface area (Å²) in [4.78, 5) is 20.2. The summed E-state index contributed by atoms with van der Waals surface area (Å²) in [7, 11) is 0. The molecule has 0 radical (unpaired) electrons. The van der Waals surface area contributed by atoms with Crippen molar-refractivity contribution in [2.75, 3.05) is 6.61 Å². The molecule has 0 aliphatic heterocycles. The molecule has 0 bridgehead atoms. The van der Waals surface area contributed by atoms with Gasteiger partial charge in [0.25, 0.3) is 0 Å². The van der Waals surface area contributed by atoms with Crippen LogP contribution in [0.3, 0.4) is 0 Å². The normalized spacial score (nSPS) is 14.6. The minimum absolute atomic E-state index is 0. The molecule has 0 aliphatic rings. The van der Waals surface area contributed by atoms with E-state index in [2.05, 4.69) is 4.74 Å². The fourth-order valence-electron chi connectivity index (χ4n) is 1.81. The van der Waals surface area contributed by atoms with Crippen LogP contribution in [0.2, 0.25) is 0 Å². The third-order valence-corrected chi connectivity index (χ3v) is 3.63. The second kappa shape index (κ2) is 9.68. The molecule has 0 rings (SSSR count).